The number of carbonyl (C=O) groups is 2. The first-order valence-corrected chi connectivity index (χ1v) is 15.5. The molecule has 0 atom stereocenters. The lowest BCUT2D eigenvalue weighted by Crippen LogP contribution is -2.11. The van der Waals surface area contributed by atoms with Crippen LogP contribution in [0.15, 0.2) is 119 Å². The smallest absolute Gasteiger partial charge is 0.330 e. The number of halogens is 1. The maximum Gasteiger partial charge on any atom is 0.330 e. The number of hydrogen-bond acceptors (Lipinski definition) is 12. The third-order valence-electron chi connectivity index (χ3n) is 6.86. The molecule has 258 valence electrons. The number of anilines is 2. The van der Waals surface area contributed by atoms with Crippen molar-refractivity contribution in [1.82, 2.24) is 0 Å². The molecule has 0 aliphatic heterocycles. The lowest BCUT2D eigenvalue weighted by atomic mass is 10.2. The highest BCUT2D eigenvalue weighted by Gasteiger charge is 2.07. The van der Waals surface area contributed by atoms with E-state index < -0.39 is 17.8 Å². The molecular formula is C37H37FN6O6. The summed E-state index contributed by atoms with van der Waals surface area (Å²) in [6.45, 7) is 13.0. The van der Waals surface area contributed by atoms with E-state index in [1.54, 1.807) is 42.5 Å². The molecule has 0 unspecified atom stereocenters. The highest BCUT2D eigenvalue weighted by Crippen LogP contribution is 2.30. The van der Waals surface area contributed by atoms with E-state index in [2.05, 4.69) is 44.5 Å². The third-order valence-corrected chi connectivity index (χ3v) is 6.86. The maximum atomic E-state index is 14.9. The van der Waals surface area contributed by atoms with Crippen LogP contribution in [0.1, 0.15) is 16.7 Å². The molecule has 0 saturated carbocycles. The molecule has 0 spiro atoms. The standard InChI is InChI=1S/C37H37FN6O6/c1-6-36(45)49-18-16-47-34-14-10-28(21-25(34)4)40-39-27-8-12-32(24(3)20-27)43-44-33-13-9-30(23-31(33)38)42-41-29-11-15-35(26(5)22-29)48-17-19-50-37(46)7-2/h6-15,20-23,41-42H,1-2,16-19H2,3-5H3. The van der Waals surface area contributed by atoms with Gasteiger partial charge in [0.05, 0.1) is 28.4 Å². The second-order valence-corrected chi connectivity index (χ2v) is 10.7. The average Bonchev–Trinajstić information content (AvgIpc) is 3.11. The summed E-state index contributed by atoms with van der Waals surface area (Å²) in [6, 6.07) is 20.6. The van der Waals surface area contributed by atoms with Gasteiger partial charge in [-0.25, -0.2) is 14.0 Å². The molecule has 0 saturated heterocycles. The molecule has 4 aromatic carbocycles. The Morgan fingerprint density at radius 3 is 1.64 bits per heavy atom. The van der Waals surface area contributed by atoms with E-state index >= 15 is 0 Å². The van der Waals surface area contributed by atoms with Crippen LogP contribution in [0.2, 0.25) is 0 Å². The van der Waals surface area contributed by atoms with Gasteiger partial charge in [0.1, 0.15) is 43.6 Å². The molecule has 4 aromatic rings. The molecule has 0 bridgehead atoms. The lowest BCUT2D eigenvalue weighted by Gasteiger charge is -2.13. The van der Waals surface area contributed by atoms with Crippen LogP contribution < -0.4 is 20.3 Å². The van der Waals surface area contributed by atoms with Crippen molar-refractivity contribution in [2.24, 2.45) is 20.5 Å². The van der Waals surface area contributed by atoms with Gasteiger partial charge in [-0.3, -0.25) is 0 Å². The molecule has 0 fully saturated rings. The Bertz CT molecular complexity index is 1910. The number of azo groups is 2. The van der Waals surface area contributed by atoms with Crippen molar-refractivity contribution in [3.63, 3.8) is 0 Å². The minimum absolute atomic E-state index is 0.0791. The van der Waals surface area contributed by atoms with Gasteiger partial charge >= 0.3 is 11.9 Å². The topological polar surface area (TPSA) is 145 Å². The summed E-state index contributed by atoms with van der Waals surface area (Å²) >= 11 is 0. The summed E-state index contributed by atoms with van der Waals surface area (Å²) in [5.74, 6) is -0.259. The molecule has 0 heterocycles. The minimum Gasteiger partial charge on any atom is -0.490 e. The van der Waals surface area contributed by atoms with Crippen LogP contribution in [0.25, 0.3) is 0 Å². The number of esters is 2. The van der Waals surface area contributed by atoms with E-state index in [0.29, 0.717) is 34.2 Å². The Balaban J connectivity index is 1.28. The molecule has 0 aliphatic carbocycles. The summed E-state index contributed by atoms with van der Waals surface area (Å²) in [7, 11) is 0. The molecule has 4 rings (SSSR count). The fourth-order valence-electron chi connectivity index (χ4n) is 4.30. The monoisotopic (exact) mass is 680 g/mol. The van der Waals surface area contributed by atoms with Crippen LogP contribution in [-0.2, 0) is 19.1 Å². The molecule has 0 aromatic heterocycles. The number of aryl methyl sites for hydroxylation is 3. The molecular weight excluding hydrogens is 643 g/mol. The second kappa shape index (κ2) is 18.2. The summed E-state index contributed by atoms with van der Waals surface area (Å²) in [5, 5.41) is 17.0. The van der Waals surface area contributed by atoms with Crippen LogP contribution in [0.5, 0.6) is 11.5 Å². The van der Waals surface area contributed by atoms with Crippen molar-refractivity contribution in [1.29, 1.82) is 0 Å². The van der Waals surface area contributed by atoms with E-state index in [9.17, 15) is 14.0 Å². The normalized spacial score (nSPS) is 10.9. The van der Waals surface area contributed by atoms with E-state index in [1.165, 1.54) is 12.1 Å². The number of nitrogens with zero attached hydrogens (tertiary/aromatic N) is 4. The minimum atomic E-state index is -0.552. The molecule has 50 heavy (non-hydrogen) atoms. The average molecular weight is 681 g/mol. The van der Waals surface area contributed by atoms with Gasteiger partial charge in [0.2, 0.25) is 0 Å². The zero-order valence-corrected chi connectivity index (χ0v) is 27.9. The first kappa shape index (κ1) is 36.5. The van der Waals surface area contributed by atoms with Gasteiger partial charge in [-0.2, -0.15) is 15.3 Å². The number of nitrogens with one attached hydrogen (secondary N) is 2. The van der Waals surface area contributed by atoms with Crippen LogP contribution in [-0.4, -0.2) is 38.4 Å². The Kier molecular flexibility index (Phi) is 13.3. The first-order valence-electron chi connectivity index (χ1n) is 15.5. The van der Waals surface area contributed by atoms with Crippen molar-refractivity contribution in [3.8, 4) is 11.5 Å². The maximum absolute atomic E-state index is 14.9. The predicted octanol–water partition coefficient (Wildman–Crippen LogP) is 9.24. The van der Waals surface area contributed by atoms with Gasteiger partial charge in [-0.15, -0.1) is 5.11 Å². The molecule has 13 heteroatoms. The highest BCUT2D eigenvalue weighted by atomic mass is 19.1. The van der Waals surface area contributed by atoms with Gasteiger partial charge in [0.15, 0.2) is 5.82 Å². The lowest BCUT2D eigenvalue weighted by molar-refractivity contribution is -0.139. The van der Waals surface area contributed by atoms with E-state index in [0.717, 1.165) is 34.5 Å². The van der Waals surface area contributed by atoms with Crippen LogP contribution in [0, 0.1) is 26.6 Å². The summed E-state index contributed by atoms with van der Waals surface area (Å²) in [6.07, 6.45) is 2.20. The zero-order valence-electron chi connectivity index (χ0n) is 27.9. The Morgan fingerprint density at radius 2 is 1.10 bits per heavy atom. The number of benzene rings is 4. The van der Waals surface area contributed by atoms with E-state index in [4.69, 9.17) is 18.9 Å². The molecule has 0 amide bonds. The number of carbonyl (C=O) groups excluding carboxylic acids is 2. The Hall–Kier alpha value is -6.37. The van der Waals surface area contributed by atoms with E-state index in [1.807, 2.05) is 39.0 Å². The van der Waals surface area contributed by atoms with Crippen molar-refractivity contribution in [2.45, 2.75) is 20.8 Å². The summed E-state index contributed by atoms with van der Waals surface area (Å²) in [4.78, 5) is 22.2. The predicted molar refractivity (Wildman–Crippen MR) is 189 cm³/mol. The van der Waals surface area contributed by atoms with Gasteiger partial charge in [0.25, 0.3) is 0 Å². The van der Waals surface area contributed by atoms with E-state index in [-0.39, 0.29) is 32.1 Å². The van der Waals surface area contributed by atoms with Gasteiger partial charge in [-0.1, -0.05) is 13.2 Å². The van der Waals surface area contributed by atoms with Gasteiger partial charge in [0, 0.05) is 18.2 Å². The molecule has 12 nitrogen and oxygen atoms in total. The highest BCUT2D eigenvalue weighted by molar-refractivity contribution is 5.81. The Morgan fingerprint density at radius 1 is 0.620 bits per heavy atom. The van der Waals surface area contributed by atoms with Crippen molar-refractivity contribution in [3.05, 3.63) is 121 Å². The molecule has 0 aliphatic rings. The van der Waals surface area contributed by atoms with Crippen molar-refractivity contribution in [2.75, 3.05) is 37.3 Å². The fraction of sp³-hybridized carbons (Fsp3) is 0.189. The molecule has 2 N–H and O–H groups in total. The number of ether oxygens (including phenoxy) is 4. The summed E-state index contributed by atoms with van der Waals surface area (Å²) < 4.78 is 36.0. The molecule has 0 radical (unpaired) electrons. The van der Waals surface area contributed by atoms with Crippen LogP contribution in [0.4, 0.5) is 38.5 Å². The van der Waals surface area contributed by atoms with Crippen molar-refractivity contribution >= 4 is 46.1 Å². The largest absolute Gasteiger partial charge is 0.490 e. The van der Waals surface area contributed by atoms with Gasteiger partial charge < -0.3 is 29.8 Å². The zero-order chi connectivity index (χ0) is 35.9. The SMILES string of the molecule is C=CC(=O)OCCOc1ccc(N=Nc2ccc(N=Nc3ccc(NNc4ccc(OCCOC(=O)C=C)c(C)c4)cc3F)c(C)c2)cc1C. The fourth-order valence-corrected chi connectivity index (χ4v) is 4.30. The second-order valence-electron chi connectivity index (χ2n) is 10.7. The van der Waals surface area contributed by atoms with Crippen molar-refractivity contribution < 1.29 is 32.9 Å². The number of hydrazine groups is 1. The van der Waals surface area contributed by atoms with Crippen LogP contribution in [0.3, 0.4) is 0 Å². The summed E-state index contributed by atoms with van der Waals surface area (Å²) in [5.41, 5.74) is 11.6. The van der Waals surface area contributed by atoms with Crippen LogP contribution >= 0.6 is 0 Å². The number of hydrogen-bond donors (Lipinski definition) is 2. The quantitative estimate of drug-likeness (QED) is 0.0369. The first-order chi connectivity index (χ1) is 24.1. The number of rotatable bonds is 17. The van der Waals surface area contributed by atoms with Gasteiger partial charge in [-0.05, 0) is 104 Å². The Labute approximate surface area is 289 Å². The third kappa shape index (κ3) is 11.1.